The summed E-state index contributed by atoms with van der Waals surface area (Å²) in [4.78, 5) is 0. The van der Waals surface area contributed by atoms with E-state index in [9.17, 15) is 0 Å². The Kier molecular flexibility index (Phi) is 9.11. The van der Waals surface area contributed by atoms with Crippen LogP contribution in [0.4, 0.5) is 0 Å². The first-order chi connectivity index (χ1) is 9.36. The first kappa shape index (κ1) is 16.0. The molecule has 2 N–H and O–H groups in total. The Morgan fingerprint density at radius 2 is 1.63 bits per heavy atom. The molecule has 0 saturated carbocycles. The predicted octanol–water partition coefficient (Wildman–Crippen LogP) is 2.95. The van der Waals surface area contributed by atoms with E-state index in [1.54, 1.807) is 0 Å². The van der Waals surface area contributed by atoms with E-state index in [1.807, 2.05) is 0 Å². The summed E-state index contributed by atoms with van der Waals surface area (Å²) in [7, 11) is 0. The molecule has 1 aromatic rings. The molecular formula is C16H28N2O. The lowest BCUT2D eigenvalue weighted by Crippen LogP contribution is -2.27. The highest BCUT2D eigenvalue weighted by atomic mass is 16.5. The first-order valence-electron chi connectivity index (χ1n) is 7.50. The van der Waals surface area contributed by atoms with Crippen molar-refractivity contribution in [2.45, 2.75) is 39.7 Å². The van der Waals surface area contributed by atoms with Crippen LogP contribution in [0.25, 0.3) is 0 Å². The van der Waals surface area contributed by atoms with E-state index in [0.717, 1.165) is 45.0 Å². The van der Waals surface area contributed by atoms with E-state index in [4.69, 9.17) is 4.74 Å². The number of hydrogen-bond acceptors (Lipinski definition) is 3. The Hall–Kier alpha value is -1.06. The van der Waals surface area contributed by atoms with Crippen molar-refractivity contribution in [2.24, 2.45) is 0 Å². The molecule has 0 heterocycles. The number of rotatable bonds is 11. The van der Waals surface area contributed by atoms with E-state index in [-0.39, 0.29) is 0 Å². The average Bonchev–Trinajstić information content (AvgIpc) is 2.44. The van der Waals surface area contributed by atoms with Gasteiger partial charge in [0.25, 0.3) is 0 Å². The van der Waals surface area contributed by atoms with Crippen LogP contribution in [0.3, 0.4) is 0 Å². The summed E-state index contributed by atoms with van der Waals surface area (Å²) in [5.74, 6) is 0.974. The van der Waals surface area contributed by atoms with E-state index < -0.39 is 0 Å². The second-order valence-corrected chi connectivity index (χ2v) is 4.77. The van der Waals surface area contributed by atoms with Gasteiger partial charge in [0.05, 0.1) is 6.61 Å². The molecular weight excluding hydrogens is 236 g/mol. The Morgan fingerprint density at radius 3 is 2.32 bits per heavy atom. The van der Waals surface area contributed by atoms with Gasteiger partial charge >= 0.3 is 0 Å². The van der Waals surface area contributed by atoms with Gasteiger partial charge in [0.1, 0.15) is 5.75 Å². The van der Waals surface area contributed by atoms with Gasteiger partial charge in [-0.3, -0.25) is 0 Å². The maximum Gasteiger partial charge on any atom is 0.119 e. The van der Waals surface area contributed by atoms with Crippen LogP contribution in [-0.2, 0) is 6.54 Å². The second-order valence-electron chi connectivity index (χ2n) is 4.77. The molecule has 0 aliphatic carbocycles. The third-order valence-corrected chi connectivity index (χ3v) is 2.92. The zero-order chi connectivity index (χ0) is 13.8. The lowest BCUT2D eigenvalue weighted by molar-refractivity contribution is 0.309. The van der Waals surface area contributed by atoms with Crippen LogP contribution in [0.2, 0.25) is 0 Å². The van der Waals surface area contributed by atoms with Gasteiger partial charge in [-0.05, 0) is 37.1 Å². The largest absolute Gasteiger partial charge is 0.494 e. The average molecular weight is 264 g/mol. The minimum atomic E-state index is 0.817. The molecule has 0 spiro atoms. The first-order valence-corrected chi connectivity index (χ1v) is 7.50. The van der Waals surface area contributed by atoms with Crippen LogP contribution in [0.1, 0.15) is 38.7 Å². The topological polar surface area (TPSA) is 33.3 Å². The summed E-state index contributed by atoms with van der Waals surface area (Å²) in [5.41, 5.74) is 1.30. The van der Waals surface area contributed by atoms with E-state index in [0.29, 0.717) is 0 Å². The minimum Gasteiger partial charge on any atom is -0.494 e. The molecule has 19 heavy (non-hydrogen) atoms. The van der Waals surface area contributed by atoms with Gasteiger partial charge in [0.15, 0.2) is 0 Å². The summed E-state index contributed by atoms with van der Waals surface area (Å²) in [6.07, 6.45) is 3.49. The van der Waals surface area contributed by atoms with Crippen molar-refractivity contribution >= 4 is 0 Å². The molecule has 0 amide bonds. The fourth-order valence-electron chi connectivity index (χ4n) is 1.75. The van der Waals surface area contributed by atoms with Crippen molar-refractivity contribution in [1.82, 2.24) is 10.6 Å². The van der Waals surface area contributed by atoms with E-state index >= 15 is 0 Å². The summed E-state index contributed by atoms with van der Waals surface area (Å²) >= 11 is 0. The third kappa shape index (κ3) is 7.85. The maximum absolute atomic E-state index is 5.64. The summed E-state index contributed by atoms with van der Waals surface area (Å²) in [6, 6.07) is 8.38. The van der Waals surface area contributed by atoms with Gasteiger partial charge in [0, 0.05) is 19.6 Å². The monoisotopic (exact) mass is 264 g/mol. The Balaban J connectivity index is 2.13. The molecule has 1 rings (SSSR count). The molecule has 0 aliphatic rings. The number of benzene rings is 1. The van der Waals surface area contributed by atoms with Crippen molar-refractivity contribution in [1.29, 1.82) is 0 Å². The third-order valence-electron chi connectivity index (χ3n) is 2.92. The molecule has 0 bridgehead atoms. The van der Waals surface area contributed by atoms with E-state index in [2.05, 4.69) is 48.7 Å². The molecule has 0 unspecified atom stereocenters. The van der Waals surface area contributed by atoms with Crippen molar-refractivity contribution in [2.75, 3.05) is 26.2 Å². The molecule has 1 aromatic carbocycles. The normalized spacial score (nSPS) is 10.6. The number of nitrogens with one attached hydrogen (secondary N) is 2. The smallest absolute Gasteiger partial charge is 0.119 e. The molecule has 3 nitrogen and oxygen atoms in total. The van der Waals surface area contributed by atoms with Gasteiger partial charge in [-0.15, -0.1) is 0 Å². The predicted molar refractivity (Wildman–Crippen MR) is 81.7 cm³/mol. The SMILES string of the molecule is CCCCOc1ccc(CNCCNCCC)cc1. The number of ether oxygens (including phenoxy) is 1. The standard InChI is InChI=1S/C16H28N2O/c1-3-5-13-19-16-8-6-15(7-9-16)14-18-12-11-17-10-4-2/h6-9,17-18H,3-5,10-14H2,1-2H3. The van der Waals surface area contributed by atoms with Gasteiger partial charge in [-0.1, -0.05) is 32.4 Å². The van der Waals surface area contributed by atoms with Crippen LogP contribution in [-0.4, -0.2) is 26.2 Å². The van der Waals surface area contributed by atoms with Crippen LogP contribution in [0.5, 0.6) is 5.75 Å². The fraction of sp³-hybridized carbons (Fsp3) is 0.625. The Morgan fingerprint density at radius 1 is 0.895 bits per heavy atom. The molecule has 0 radical (unpaired) electrons. The van der Waals surface area contributed by atoms with Gasteiger partial charge in [-0.25, -0.2) is 0 Å². The molecule has 0 fully saturated rings. The van der Waals surface area contributed by atoms with Gasteiger partial charge in [-0.2, -0.15) is 0 Å². The molecule has 0 saturated heterocycles. The van der Waals surface area contributed by atoms with Crippen LogP contribution in [0, 0.1) is 0 Å². The lowest BCUT2D eigenvalue weighted by atomic mass is 10.2. The van der Waals surface area contributed by atoms with E-state index in [1.165, 1.54) is 18.4 Å². The van der Waals surface area contributed by atoms with Crippen molar-refractivity contribution < 1.29 is 4.74 Å². The van der Waals surface area contributed by atoms with Gasteiger partial charge < -0.3 is 15.4 Å². The fourth-order valence-corrected chi connectivity index (χ4v) is 1.75. The highest BCUT2D eigenvalue weighted by Gasteiger charge is 1.95. The van der Waals surface area contributed by atoms with Crippen molar-refractivity contribution in [3.8, 4) is 5.75 Å². The highest BCUT2D eigenvalue weighted by molar-refractivity contribution is 5.27. The molecule has 108 valence electrons. The molecule has 0 aliphatic heterocycles. The quantitative estimate of drug-likeness (QED) is 0.603. The second kappa shape index (κ2) is 10.8. The lowest BCUT2D eigenvalue weighted by Gasteiger charge is -2.08. The van der Waals surface area contributed by atoms with Crippen molar-refractivity contribution in [3.05, 3.63) is 29.8 Å². The summed E-state index contributed by atoms with van der Waals surface area (Å²) < 4.78 is 5.64. The Bertz CT molecular complexity index is 311. The van der Waals surface area contributed by atoms with Crippen LogP contribution in [0.15, 0.2) is 24.3 Å². The molecule has 3 heteroatoms. The zero-order valence-electron chi connectivity index (χ0n) is 12.4. The van der Waals surface area contributed by atoms with Crippen molar-refractivity contribution in [3.63, 3.8) is 0 Å². The summed E-state index contributed by atoms with van der Waals surface area (Å²) in [6.45, 7) is 9.24. The molecule has 0 aromatic heterocycles. The Labute approximate surface area is 117 Å². The summed E-state index contributed by atoms with van der Waals surface area (Å²) in [5, 5.41) is 6.81. The minimum absolute atomic E-state index is 0.817. The zero-order valence-corrected chi connectivity index (χ0v) is 12.4. The maximum atomic E-state index is 5.64. The van der Waals surface area contributed by atoms with Crippen LogP contribution >= 0.6 is 0 Å². The number of hydrogen-bond donors (Lipinski definition) is 2. The highest BCUT2D eigenvalue weighted by Crippen LogP contribution is 2.12. The number of unbranched alkanes of at least 4 members (excludes halogenated alkanes) is 1. The van der Waals surface area contributed by atoms with Gasteiger partial charge in [0.2, 0.25) is 0 Å². The molecule has 0 atom stereocenters. The van der Waals surface area contributed by atoms with Crippen LogP contribution < -0.4 is 15.4 Å².